The minimum Gasteiger partial charge on any atom is -1.00 e. The van der Waals surface area contributed by atoms with Crippen molar-refractivity contribution in [2.45, 2.75) is 24.8 Å². The fourth-order valence-electron chi connectivity index (χ4n) is 2.00. The number of nitrogens with one attached hydrogen (secondary N) is 2. The smallest absolute Gasteiger partial charge is 0.244 e. The fraction of sp³-hybridized carbons (Fsp3) is 0.357. The molecule has 6 nitrogen and oxygen atoms in total. The molecule has 0 saturated carbocycles. The summed E-state index contributed by atoms with van der Waals surface area (Å²) >= 11 is 0. The van der Waals surface area contributed by atoms with Crippen molar-refractivity contribution < 1.29 is 34.7 Å². The highest BCUT2D eigenvalue weighted by Gasteiger charge is 2.19. The van der Waals surface area contributed by atoms with Gasteiger partial charge in [0.1, 0.15) is 23.0 Å². The zero-order valence-corrected chi connectivity index (χ0v) is 14.9. The predicted molar refractivity (Wildman–Crippen MR) is 78.5 cm³/mol. The van der Waals surface area contributed by atoms with Crippen molar-refractivity contribution in [1.82, 2.24) is 9.71 Å². The third-order valence-electron chi connectivity index (χ3n) is 3.10. The standard InChI is InChI=1S/C14H19N3O3S.BrH/c1-12-4-5-13(20-2)14(10-12)21(18,19)16-6-3-8-17-9-7-15-11-17;/h4-5,7,9-11,16H,3,6,8H2,1-2H3;1H. The van der Waals surface area contributed by atoms with Crippen molar-refractivity contribution in [3.63, 3.8) is 0 Å². The number of ether oxygens (including phenoxy) is 1. The summed E-state index contributed by atoms with van der Waals surface area (Å²) in [6.45, 7) is 2.97. The van der Waals surface area contributed by atoms with Crippen LogP contribution in [0.15, 0.2) is 41.8 Å². The highest BCUT2D eigenvalue weighted by Crippen LogP contribution is 2.24. The van der Waals surface area contributed by atoms with E-state index in [0.29, 0.717) is 18.7 Å². The van der Waals surface area contributed by atoms with E-state index in [9.17, 15) is 8.42 Å². The van der Waals surface area contributed by atoms with Crippen LogP contribution in [0.2, 0.25) is 0 Å². The molecule has 2 N–H and O–H groups in total. The quantitative estimate of drug-likeness (QED) is 0.424. The van der Waals surface area contributed by atoms with Crippen LogP contribution in [-0.2, 0) is 16.6 Å². The summed E-state index contributed by atoms with van der Waals surface area (Å²) in [5.74, 6) is 0.355. The Kier molecular flexibility index (Phi) is 7.05. The van der Waals surface area contributed by atoms with E-state index in [1.54, 1.807) is 12.1 Å². The minimum atomic E-state index is -3.56. The number of aromatic nitrogens is 2. The van der Waals surface area contributed by atoms with Crippen LogP contribution in [-0.4, -0.2) is 27.1 Å². The molecule has 122 valence electrons. The molecule has 1 aromatic heterocycles. The zero-order chi connectivity index (χ0) is 15.3. The van der Waals surface area contributed by atoms with Crippen LogP contribution >= 0.6 is 0 Å². The molecular formula is C14H20BrN3O3S. The van der Waals surface area contributed by atoms with E-state index in [1.807, 2.05) is 36.3 Å². The van der Waals surface area contributed by atoms with Gasteiger partial charge in [0.15, 0.2) is 0 Å². The molecule has 0 amide bonds. The number of aryl methyl sites for hydroxylation is 2. The summed E-state index contributed by atoms with van der Waals surface area (Å²) in [7, 11) is -2.09. The van der Waals surface area contributed by atoms with E-state index in [0.717, 1.165) is 12.1 Å². The molecule has 0 bridgehead atoms. The van der Waals surface area contributed by atoms with Crippen LogP contribution in [0.3, 0.4) is 0 Å². The van der Waals surface area contributed by atoms with E-state index in [1.165, 1.54) is 7.11 Å². The van der Waals surface area contributed by atoms with Gasteiger partial charge in [-0.3, -0.25) is 4.98 Å². The number of halogens is 1. The number of methoxy groups -OCH3 is 1. The number of hydrogen-bond acceptors (Lipinski definition) is 3. The number of H-pyrrole nitrogens is 1. The van der Waals surface area contributed by atoms with E-state index < -0.39 is 10.0 Å². The van der Waals surface area contributed by atoms with Crippen molar-refractivity contribution in [3.8, 4) is 5.75 Å². The van der Waals surface area contributed by atoms with Crippen molar-refractivity contribution in [3.05, 3.63) is 42.5 Å². The molecule has 22 heavy (non-hydrogen) atoms. The first-order valence-electron chi connectivity index (χ1n) is 6.69. The van der Waals surface area contributed by atoms with Crippen LogP contribution in [0.4, 0.5) is 0 Å². The molecule has 0 spiro atoms. The summed E-state index contributed by atoms with van der Waals surface area (Å²) in [6.07, 6.45) is 6.26. The zero-order valence-electron chi connectivity index (χ0n) is 12.5. The predicted octanol–water partition coefficient (Wildman–Crippen LogP) is -2.01. The Morgan fingerprint density at radius 1 is 1.36 bits per heavy atom. The van der Waals surface area contributed by atoms with Gasteiger partial charge in [-0.05, 0) is 31.0 Å². The van der Waals surface area contributed by atoms with Gasteiger partial charge >= 0.3 is 0 Å². The summed E-state index contributed by atoms with van der Waals surface area (Å²) in [5, 5.41) is 0. The summed E-state index contributed by atoms with van der Waals surface area (Å²) in [5.41, 5.74) is 0.874. The van der Waals surface area contributed by atoms with Gasteiger partial charge in [0.2, 0.25) is 16.4 Å². The molecule has 8 heteroatoms. The number of nitrogens with zero attached hydrogens (tertiary/aromatic N) is 1. The number of rotatable bonds is 7. The highest BCUT2D eigenvalue weighted by atomic mass is 79.9. The van der Waals surface area contributed by atoms with Crippen molar-refractivity contribution in [2.75, 3.05) is 13.7 Å². The first-order valence-corrected chi connectivity index (χ1v) is 8.17. The average molecular weight is 390 g/mol. The van der Waals surface area contributed by atoms with Crippen LogP contribution in [0.1, 0.15) is 12.0 Å². The second kappa shape index (κ2) is 8.30. The average Bonchev–Trinajstić information content (AvgIpc) is 2.97. The molecular weight excluding hydrogens is 370 g/mol. The Bertz CT molecular complexity index is 687. The van der Waals surface area contributed by atoms with Crippen molar-refractivity contribution in [1.29, 1.82) is 0 Å². The van der Waals surface area contributed by atoms with Gasteiger partial charge in [0.25, 0.3) is 0 Å². The second-order valence-electron chi connectivity index (χ2n) is 4.75. The van der Waals surface area contributed by atoms with Gasteiger partial charge in [-0.15, -0.1) is 0 Å². The van der Waals surface area contributed by atoms with Gasteiger partial charge in [-0.1, -0.05) is 6.07 Å². The summed E-state index contributed by atoms with van der Waals surface area (Å²) in [6, 6.07) is 5.10. The fourth-order valence-corrected chi connectivity index (χ4v) is 3.33. The van der Waals surface area contributed by atoms with Crippen LogP contribution in [0.25, 0.3) is 0 Å². The van der Waals surface area contributed by atoms with E-state index >= 15 is 0 Å². The lowest BCUT2D eigenvalue weighted by molar-refractivity contribution is -0.695. The van der Waals surface area contributed by atoms with Gasteiger partial charge < -0.3 is 21.7 Å². The molecule has 0 atom stereocenters. The molecule has 0 fully saturated rings. The summed E-state index contributed by atoms with van der Waals surface area (Å²) in [4.78, 5) is 3.12. The molecule has 0 unspecified atom stereocenters. The number of benzene rings is 1. The molecule has 0 radical (unpaired) electrons. The van der Waals surface area contributed by atoms with E-state index in [-0.39, 0.29) is 21.9 Å². The summed E-state index contributed by atoms with van der Waals surface area (Å²) < 4.78 is 34.3. The molecule has 1 aromatic carbocycles. The van der Waals surface area contributed by atoms with E-state index in [4.69, 9.17) is 4.74 Å². The first kappa shape index (κ1) is 18.7. The van der Waals surface area contributed by atoms with Gasteiger partial charge in [-0.25, -0.2) is 17.7 Å². The molecule has 2 rings (SSSR count). The third kappa shape index (κ3) is 4.82. The SMILES string of the molecule is COc1ccc(C)cc1S(=O)(=O)NCCC[n+]1cc[nH]c1.[Br-]. The Morgan fingerprint density at radius 3 is 2.77 bits per heavy atom. The number of sulfonamides is 1. The lowest BCUT2D eigenvalue weighted by atomic mass is 10.2. The maximum atomic E-state index is 12.3. The lowest BCUT2D eigenvalue weighted by Gasteiger charge is -2.11. The van der Waals surface area contributed by atoms with Crippen LogP contribution in [0, 0.1) is 6.92 Å². The molecule has 1 heterocycles. The molecule has 0 aliphatic rings. The maximum absolute atomic E-state index is 12.3. The Balaban J connectivity index is 0.00000242. The number of imidazole rings is 1. The van der Waals surface area contributed by atoms with E-state index in [2.05, 4.69) is 9.71 Å². The largest absolute Gasteiger partial charge is 1.00 e. The number of aromatic amines is 1. The molecule has 0 aliphatic carbocycles. The molecule has 2 aromatic rings. The topological polar surface area (TPSA) is 75.1 Å². The maximum Gasteiger partial charge on any atom is 0.244 e. The van der Waals surface area contributed by atoms with Gasteiger partial charge in [0.05, 0.1) is 13.7 Å². The minimum absolute atomic E-state index is 0. The van der Waals surface area contributed by atoms with Gasteiger partial charge in [-0.2, -0.15) is 0 Å². The molecule has 0 aliphatic heterocycles. The Hall–Kier alpha value is -1.38. The van der Waals surface area contributed by atoms with Crippen LogP contribution in [0.5, 0.6) is 5.75 Å². The third-order valence-corrected chi connectivity index (χ3v) is 4.58. The van der Waals surface area contributed by atoms with Gasteiger partial charge in [0, 0.05) is 6.54 Å². The lowest BCUT2D eigenvalue weighted by Crippen LogP contribution is -3.00. The first-order chi connectivity index (χ1) is 10.0. The Morgan fingerprint density at radius 2 is 2.14 bits per heavy atom. The normalized spacial score (nSPS) is 11.0. The monoisotopic (exact) mass is 389 g/mol. The Labute approximate surface area is 141 Å². The number of hydrogen-bond donors (Lipinski definition) is 2. The second-order valence-corrected chi connectivity index (χ2v) is 6.49. The van der Waals surface area contributed by atoms with Crippen LogP contribution < -0.4 is 31.0 Å². The molecule has 0 saturated heterocycles. The highest BCUT2D eigenvalue weighted by molar-refractivity contribution is 7.89. The van der Waals surface area contributed by atoms with Crippen molar-refractivity contribution >= 4 is 10.0 Å². The van der Waals surface area contributed by atoms with Crippen molar-refractivity contribution in [2.24, 2.45) is 0 Å².